The zero-order chi connectivity index (χ0) is 11.4. The predicted octanol–water partition coefficient (Wildman–Crippen LogP) is 2.99. The van der Waals surface area contributed by atoms with Crippen molar-refractivity contribution in [3.63, 3.8) is 0 Å². The van der Waals surface area contributed by atoms with Crippen LogP contribution in [0.4, 0.5) is 5.69 Å². The molecule has 0 bridgehead atoms. The minimum Gasteiger partial charge on any atom is -0.380 e. The van der Waals surface area contributed by atoms with Crippen molar-refractivity contribution in [2.24, 2.45) is 0 Å². The van der Waals surface area contributed by atoms with Gasteiger partial charge in [0.25, 0.3) is 0 Å². The summed E-state index contributed by atoms with van der Waals surface area (Å²) in [5, 5.41) is 3.38. The average Bonchev–Trinajstić information content (AvgIpc) is 2.20. The van der Waals surface area contributed by atoms with Crippen molar-refractivity contribution in [3.8, 4) is 0 Å². The second-order valence-electron chi connectivity index (χ2n) is 3.64. The highest BCUT2D eigenvalue weighted by Gasteiger charge is 2.11. The van der Waals surface area contributed by atoms with Crippen LogP contribution in [-0.4, -0.2) is 24.2 Å². The van der Waals surface area contributed by atoms with Crippen molar-refractivity contribution in [2.75, 3.05) is 12.4 Å². The molecule has 84 valence electrons. The topological polar surface area (TPSA) is 34.1 Å². The minimum atomic E-state index is 0.174. The van der Waals surface area contributed by atoms with E-state index in [2.05, 4.69) is 33.2 Å². The number of hydrogen-bond donors (Lipinski definition) is 1. The van der Waals surface area contributed by atoms with Crippen molar-refractivity contribution in [2.45, 2.75) is 32.9 Å². The third kappa shape index (κ3) is 3.47. The van der Waals surface area contributed by atoms with E-state index in [0.717, 1.165) is 16.0 Å². The summed E-state index contributed by atoms with van der Waals surface area (Å²) in [6, 6.07) is 4.21. The number of halogens is 1. The summed E-state index contributed by atoms with van der Waals surface area (Å²) in [5.41, 5.74) is 2.04. The standard InChI is InChI=1S/C11H17BrN2O/c1-7(9(3)15-4)13-10-5-6-11(12)14-8(10)2/h5-7,9,13H,1-4H3. The van der Waals surface area contributed by atoms with Gasteiger partial charge in [0.05, 0.1) is 17.5 Å². The van der Waals surface area contributed by atoms with E-state index >= 15 is 0 Å². The molecule has 4 heteroatoms. The molecule has 0 radical (unpaired) electrons. The van der Waals surface area contributed by atoms with E-state index in [1.807, 2.05) is 26.0 Å². The first kappa shape index (κ1) is 12.5. The monoisotopic (exact) mass is 272 g/mol. The highest BCUT2D eigenvalue weighted by molar-refractivity contribution is 9.10. The zero-order valence-corrected chi connectivity index (χ0v) is 11.1. The summed E-state index contributed by atoms with van der Waals surface area (Å²) >= 11 is 3.34. The molecule has 2 atom stereocenters. The van der Waals surface area contributed by atoms with Crippen LogP contribution in [0.15, 0.2) is 16.7 Å². The van der Waals surface area contributed by atoms with Crippen molar-refractivity contribution in [3.05, 3.63) is 22.4 Å². The predicted molar refractivity (Wildman–Crippen MR) is 66.2 cm³/mol. The van der Waals surface area contributed by atoms with Gasteiger partial charge in [0, 0.05) is 13.2 Å². The summed E-state index contributed by atoms with van der Waals surface area (Å²) in [6.45, 7) is 6.12. The summed E-state index contributed by atoms with van der Waals surface area (Å²) in [6.07, 6.45) is 0.174. The molecule has 1 rings (SSSR count). The number of rotatable bonds is 4. The Bertz CT molecular complexity index is 330. The van der Waals surface area contributed by atoms with Gasteiger partial charge in [-0.1, -0.05) is 0 Å². The van der Waals surface area contributed by atoms with Crippen LogP contribution >= 0.6 is 15.9 Å². The van der Waals surface area contributed by atoms with Gasteiger partial charge in [-0.2, -0.15) is 0 Å². The Labute approximate surface area is 99.4 Å². The highest BCUT2D eigenvalue weighted by atomic mass is 79.9. The van der Waals surface area contributed by atoms with Crippen molar-refractivity contribution in [1.82, 2.24) is 4.98 Å². The van der Waals surface area contributed by atoms with Gasteiger partial charge in [0.15, 0.2) is 0 Å². The molecule has 0 amide bonds. The Hall–Kier alpha value is -0.610. The van der Waals surface area contributed by atoms with E-state index < -0.39 is 0 Å². The number of methoxy groups -OCH3 is 1. The molecule has 1 aromatic heterocycles. The molecule has 15 heavy (non-hydrogen) atoms. The molecule has 0 aliphatic rings. The summed E-state index contributed by atoms with van der Waals surface area (Å²) in [5.74, 6) is 0. The van der Waals surface area contributed by atoms with E-state index in [0.29, 0.717) is 0 Å². The fourth-order valence-electron chi connectivity index (χ4n) is 1.25. The van der Waals surface area contributed by atoms with Gasteiger partial charge in [-0.15, -0.1) is 0 Å². The van der Waals surface area contributed by atoms with E-state index in [1.54, 1.807) is 7.11 Å². The minimum absolute atomic E-state index is 0.174. The van der Waals surface area contributed by atoms with E-state index in [9.17, 15) is 0 Å². The van der Waals surface area contributed by atoms with Gasteiger partial charge in [-0.05, 0) is 48.8 Å². The van der Waals surface area contributed by atoms with E-state index in [4.69, 9.17) is 4.74 Å². The quantitative estimate of drug-likeness (QED) is 0.856. The lowest BCUT2D eigenvalue weighted by atomic mass is 10.2. The van der Waals surface area contributed by atoms with E-state index in [1.165, 1.54) is 0 Å². The molecule has 0 fully saturated rings. The number of pyridine rings is 1. The highest BCUT2D eigenvalue weighted by Crippen LogP contribution is 2.17. The molecule has 1 N–H and O–H groups in total. The Morgan fingerprint density at radius 2 is 2.07 bits per heavy atom. The van der Waals surface area contributed by atoms with Crippen molar-refractivity contribution in [1.29, 1.82) is 0 Å². The number of aromatic nitrogens is 1. The van der Waals surface area contributed by atoms with Crippen LogP contribution in [0.2, 0.25) is 0 Å². The second kappa shape index (κ2) is 5.47. The molecule has 1 heterocycles. The molecule has 0 aliphatic heterocycles. The fraction of sp³-hybridized carbons (Fsp3) is 0.545. The first-order valence-corrected chi connectivity index (χ1v) is 5.76. The Morgan fingerprint density at radius 3 is 2.60 bits per heavy atom. The fourth-order valence-corrected chi connectivity index (χ4v) is 1.65. The van der Waals surface area contributed by atoms with Crippen LogP contribution in [0.5, 0.6) is 0 Å². The maximum absolute atomic E-state index is 5.26. The van der Waals surface area contributed by atoms with Gasteiger partial charge in [0.1, 0.15) is 4.60 Å². The maximum atomic E-state index is 5.26. The second-order valence-corrected chi connectivity index (χ2v) is 4.45. The Kier molecular flexibility index (Phi) is 4.54. The van der Waals surface area contributed by atoms with Crippen molar-refractivity contribution < 1.29 is 4.74 Å². The van der Waals surface area contributed by atoms with Crippen LogP contribution < -0.4 is 5.32 Å². The van der Waals surface area contributed by atoms with Gasteiger partial charge < -0.3 is 10.1 Å². The zero-order valence-electron chi connectivity index (χ0n) is 9.54. The number of nitrogens with one attached hydrogen (secondary N) is 1. The first-order valence-electron chi connectivity index (χ1n) is 4.97. The molecule has 0 aromatic carbocycles. The van der Waals surface area contributed by atoms with Crippen LogP contribution in [0.1, 0.15) is 19.5 Å². The van der Waals surface area contributed by atoms with Gasteiger partial charge in [-0.25, -0.2) is 4.98 Å². The van der Waals surface area contributed by atoms with Gasteiger partial charge in [-0.3, -0.25) is 0 Å². The summed E-state index contributed by atoms with van der Waals surface area (Å²) in [7, 11) is 1.72. The number of anilines is 1. The van der Waals surface area contributed by atoms with E-state index in [-0.39, 0.29) is 12.1 Å². The molecule has 0 spiro atoms. The Morgan fingerprint density at radius 1 is 1.40 bits per heavy atom. The lowest BCUT2D eigenvalue weighted by Crippen LogP contribution is -2.30. The van der Waals surface area contributed by atoms with Crippen LogP contribution in [-0.2, 0) is 4.74 Å². The molecule has 3 nitrogen and oxygen atoms in total. The maximum Gasteiger partial charge on any atom is 0.106 e. The molecule has 1 aromatic rings. The van der Waals surface area contributed by atoms with Crippen LogP contribution in [0, 0.1) is 6.92 Å². The third-order valence-electron chi connectivity index (χ3n) is 2.51. The number of hydrogen-bond acceptors (Lipinski definition) is 3. The van der Waals surface area contributed by atoms with Crippen LogP contribution in [0.25, 0.3) is 0 Å². The SMILES string of the molecule is COC(C)C(C)Nc1ccc(Br)nc1C. The van der Waals surface area contributed by atoms with Crippen molar-refractivity contribution >= 4 is 21.6 Å². The lowest BCUT2D eigenvalue weighted by molar-refractivity contribution is 0.106. The molecular weight excluding hydrogens is 256 g/mol. The smallest absolute Gasteiger partial charge is 0.106 e. The normalized spacial score (nSPS) is 14.7. The molecule has 2 unspecified atom stereocenters. The molecule has 0 saturated carbocycles. The van der Waals surface area contributed by atoms with Gasteiger partial charge in [0.2, 0.25) is 0 Å². The average molecular weight is 273 g/mol. The summed E-state index contributed by atoms with van der Waals surface area (Å²) < 4.78 is 6.11. The van der Waals surface area contributed by atoms with Gasteiger partial charge >= 0.3 is 0 Å². The Balaban J connectivity index is 2.72. The largest absolute Gasteiger partial charge is 0.380 e. The number of ether oxygens (including phenoxy) is 1. The molecule has 0 aliphatic carbocycles. The number of aryl methyl sites for hydroxylation is 1. The lowest BCUT2D eigenvalue weighted by Gasteiger charge is -2.21. The third-order valence-corrected chi connectivity index (χ3v) is 2.95. The van der Waals surface area contributed by atoms with Crippen LogP contribution in [0.3, 0.4) is 0 Å². The molecule has 0 saturated heterocycles. The first-order chi connectivity index (χ1) is 7.04. The summed E-state index contributed by atoms with van der Waals surface area (Å²) in [4.78, 5) is 4.33. The molecular formula is C11H17BrN2O. The number of nitrogens with zero attached hydrogens (tertiary/aromatic N) is 1.